The Balaban J connectivity index is 2.31. The average Bonchev–Trinajstić information content (AvgIpc) is 2.77. The molecular weight excluding hydrogens is 287 g/mol. The summed E-state index contributed by atoms with van der Waals surface area (Å²) in [7, 11) is -2.30. The van der Waals surface area contributed by atoms with Gasteiger partial charge in [-0.25, -0.2) is 22.9 Å². The lowest BCUT2D eigenvalue weighted by atomic mass is 10.3. The van der Waals surface area contributed by atoms with Gasteiger partial charge in [-0.1, -0.05) is 0 Å². The third-order valence-corrected chi connectivity index (χ3v) is 3.36. The third kappa shape index (κ3) is 3.00. The Kier molecular flexibility index (Phi) is 3.55. The minimum absolute atomic E-state index is 0.0768. The van der Waals surface area contributed by atoms with Gasteiger partial charge in [0.1, 0.15) is 11.5 Å². The summed E-state index contributed by atoms with van der Waals surface area (Å²) in [5.74, 6) is -1.43. The number of rotatable bonds is 3. The van der Waals surface area contributed by atoms with Crippen LogP contribution in [0.2, 0.25) is 0 Å². The number of imidazole rings is 1. The smallest absolute Gasteiger partial charge is 0.275 e. The first-order valence-corrected chi connectivity index (χ1v) is 6.93. The van der Waals surface area contributed by atoms with E-state index in [4.69, 9.17) is 5.14 Å². The summed E-state index contributed by atoms with van der Waals surface area (Å²) >= 11 is 0. The highest BCUT2D eigenvalue weighted by atomic mass is 32.2. The van der Waals surface area contributed by atoms with E-state index in [1.807, 2.05) is 0 Å². The summed E-state index contributed by atoms with van der Waals surface area (Å²) in [6, 6.07) is 2.88. The van der Waals surface area contributed by atoms with E-state index in [2.05, 4.69) is 10.3 Å². The Labute approximate surface area is 114 Å². The summed E-state index contributed by atoms with van der Waals surface area (Å²) in [4.78, 5) is 15.3. The fraction of sp³-hybridized carbons (Fsp3) is 0.0909. The number of nitrogens with two attached hydrogens (primary N) is 1. The van der Waals surface area contributed by atoms with Crippen LogP contribution in [0, 0.1) is 5.82 Å². The van der Waals surface area contributed by atoms with E-state index in [9.17, 15) is 17.6 Å². The normalized spacial score (nSPS) is 11.3. The molecule has 7 nitrogen and oxygen atoms in total. The summed E-state index contributed by atoms with van der Waals surface area (Å²) in [6.07, 6.45) is 2.85. The Bertz CT molecular complexity index is 770. The van der Waals surface area contributed by atoms with Gasteiger partial charge in [-0.05, 0) is 18.2 Å². The van der Waals surface area contributed by atoms with Crippen molar-refractivity contribution in [3.8, 4) is 0 Å². The van der Waals surface area contributed by atoms with E-state index < -0.39 is 21.7 Å². The molecule has 0 unspecified atom stereocenters. The fourth-order valence-corrected chi connectivity index (χ4v) is 2.03. The van der Waals surface area contributed by atoms with Crippen LogP contribution in [-0.4, -0.2) is 23.9 Å². The minimum atomic E-state index is -3.98. The van der Waals surface area contributed by atoms with Crippen molar-refractivity contribution in [1.29, 1.82) is 0 Å². The summed E-state index contributed by atoms with van der Waals surface area (Å²) < 4.78 is 37.5. The van der Waals surface area contributed by atoms with Gasteiger partial charge in [0, 0.05) is 13.2 Å². The number of sulfonamides is 1. The molecule has 20 heavy (non-hydrogen) atoms. The van der Waals surface area contributed by atoms with Crippen molar-refractivity contribution in [2.75, 3.05) is 5.32 Å². The van der Waals surface area contributed by atoms with Crippen molar-refractivity contribution in [3.63, 3.8) is 0 Å². The number of hydrogen-bond acceptors (Lipinski definition) is 4. The Hall–Kier alpha value is -2.26. The van der Waals surface area contributed by atoms with E-state index in [1.54, 1.807) is 11.6 Å². The van der Waals surface area contributed by atoms with Gasteiger partial charge in [0.25, 0.3) is 5.91 Å². The molecule has 0 radical (unpaired) electrons. The number of nitrogens with one attached hydrogen (secondary N) is 1. The van der Waals surface area contributed by atoms with Gasteiger partial charge in [0.05, 0.1) is 16.9 Å². The number of halogens is 1. The van der Waals surface area contributed by atoms with Crippen LogP contribution < -0.4 is 10.5 Å². The first-order valence-electron chi connectivity index (χ1n) is 5.39. The maximum absolute atomic E-state index is 13.6. The van der Waals surface area contributed by atoms with Crippen LogP contribution in [0.4, 0.5) is 10.1 Å². The number of aryl methyl sites for hydroxylation is 1. The zero-order valence-electron chi connectivity index (χ0n) is 10.4. The number of carbonyl (C=O) groups excluding carboxylic acids is 1. The van der Waals surface area contributed by atoms with Crippen molar-refractivity contribution in [3.05, 3.63) is 42.2 Å². The minimum Gasteiger partial charge on any atom is -0.340 e. The first-order chi connectivity index (χ1) is 9.27. The van der Waals surface area contributed by atoms with Gasteiger partial charge >= 0.3 is 0 Å². The van der Waals surface area contributed by atoms with E-state index in [-0.39, 0.29) is 16.3 Å². The van der Waals surface area contributed by atoms with Crippen LogP contribution in [0.1, 0.15) is 10.5 Å². The summed E-state index contributed by atoms with van der Waals surface area (Å²) in [5, 5.41) is 7.18. The van der Waals surface area contributed by atoms with Gasteiger partial charge in [-0.2, -0.15) is 0 Å². The van der Waals surface area contributed by atoms with Crippen LogP contribution in [0.15, 0.2) is 35.6 Å². The van der Waals surface area contributed by atoms with Crippen LogP contribution in [0.3, 0.4) is 0 Å². The number of aromatic nitrogens is 2. The monoisotopic (exact) mass is 298 g/mol. The lowest BCUT2D eigenvalue weighted by Gasteiger charge is -2.06. The molecule has 0 aliphatic rings. The van der Waals surface area contributed by atoms with Gasteiger partial charge in [-0.15, -0.1) is 0 Å². The molecule has 1 amide bonds. The zero-order chi connectivity index (χ0) is 14.9. The van der Waals surface area contributed by atoms with Crippen LogP contribution in [0.5, 0.6) is 0 Å². The molecule has 1 aromatic heterocycles. The number of amides is 1. The number of primary sulfonamides is 1. The molecule has 0 saturated carbocycles. The van der Waals surface area contributed by atoms with Gasteiger partial charge in [-0.3, -0.25) is 4.79 Å². The molecule has 1 heterocycles. The number of carbonyl (C=O) groups is 1. The zero-order valence-corrected chi connectivity index (χ0v) is 11.2. The van der Waals surface area contributed by atoms with Gasteiger partial charge in [0.2, 0.25) is 10.0 Å². The molecule has 0 aliphatic carbocycles. The molecule has 0 aliphatic heterocycles. The fourth-order valence-electron chi connectivity index (χ4n) is 1.49. The molecular formula is C11H11FN4O3S. The average molecular weight is 298 g/mol. The molecule has 1 aromatic carbocycles. The number of nitrogens with zero attached hydrogens (tertiary/aromatic N) is 2. The molecule has 0 fully saturated rings. The maximum Gasteiger partial charge on any atom is 0.275 e. The molecule has 0 spiro atoms. The van der Waals surface area contributed by atoms with Crippen LogP contribution >= 0.6 is 0 Å². The molecule has 0 saturated heterocycles. The summed E-state index contributed by atoms with van der Waals surface area (Å²) in [6.45, 7) is 0. The number of benzene rings is 1. The first kappa shape index (κ1) is 14.2. The molecule has 0 atom stereocenters. The van der Waals surface area contributed by atoms with Crippen molar-refractivity contribution < 1.29 is 17.6 Å². The highest BCUT2D eigenvalue weighted by Gasteiger charge is 2.15. The molecule has 0 bridgehead atoms. The standard InChI is InChI=1S/C11H11FN4O3S/c1-16-5-10(14-6-16)11(17)15-9-4-7(20(13,18)19)2-3-8(9)12/h2-6H,1H3,(H,15,17)(H2,13,18,19). The van der Waals surface area contributed by atoms with E-state index in [1.165, 1.54) is 12.5 Å². The Morgan fingerprint density at radius 3 is 2.70 bits per heavy atom. The predicted octanol–water partition coefficient (Wildman–Crippen LogP) is 0.459. The van der Waals surface area contributed by atoms with Crippen molar-refractivity contribution in [2.24, 2.45) is 12.2 Å². The molecule has 2 aromatic rings. The van der Waals surface area contributed by atoms with E-state index in [0.717, 1.165) is 18.2 Å². The maximum atomic E-state index is 13.6. The molecule has 9 heteroatoms. The Morgan fingerprint density at radius 1 is 1.45 bits per heavy atom. The topological polar surface area (TPSA) is 107 Å². The van der Waals surface area contributed by atoms with E-state index >= 15 is 0 Å². The van der Waals surface area contributed by atoms with Crippen LogP contribution in [-0.2, 0) is 17.1 Å². The second-order valence-corrected chi connectivity index (χ2v) is 5.63. The highest BCUT2D eigenvalue weighted by Crippen LogP contribution is 2.19. The molecule has 106 valence electrons. The second kappa shape index (κ2) is 5.02. The van der Waals surface area contributed by atoms with Crippen molar-refractivity contribution >= 4 is 21.6 Å². The van der Waals surface area contributed by atoms with Gasteiger partial charge in [0.15, 0.2) is 0 Å². The third-order valence-electron chi connectivity index (χ3n) is 2.45. The molecule has 3 N–H and O–H groups in total. The lowest BCUT2D eigenvalue weighted by molar-refractivity contribution is 0.102. The van der Waals surface area contributed by atoms with Crippen LogP contribution in [0.25, 0.3) is 0 Å². The SMILES string of the molecule is Cn1cnc(C(=O)Nc2cc(S(N)(=O)=O)ccc2F)c1. The van der Waals surface area contributed by atoms with Gasteiger partial charge < -0.3 is 9.88 Å². The second-order valence-electron chi connectivity index (χ2n) is 4.07. The lowest BCUT2D eigenvalue weighted by Crippen LogP contribution is -2.16. The quantitative estimate of drug-likeness (QED) is 0.858. The van der Waals surface area contributed by atoms with Crippen molar-refractivity contribution in [2.45, 2.75) is 4.90 Å². The number of anilines is 1. The molecule has 2 rings (SSSR count). The highest BCUT2D eigenvalue weighted by molar-refractivity contribution is 7.89. The van der Waals surface area contributed by atoms with E-state index in [0.29, 0.717) is 0 Å². The Morgan fingerprint density at radius 2 is 2.15 bits per heavy atom. The summed E-state index contributed by atoms with van der Waals surface area (Å²) in [5.41, 5.74) is -0.208. The number of hydrogen-bond donors (Lipinski definition) is 2. The largest absolute Gasteiger partial charge is 0.340 e. The van der Waals surface area contributed by atoms with Crippen molar-refractivity contribution in [1.82, 2.24) is 9.55 Å². The predicted molar refractivity (Wildman–Crippen MR) is 68.9 cm³/mol.